The zero-order chi connectivity index (χ0) is 19.0. The van der Waals surface area contributed by atoms with E-state index in [4.69, 9.17) is 0 Å². The fourth-order valence-electron chi connectivity index (χ4n) is 3.17. The van der Waals surface area contributed by atoms with Crippen molar-refractivity contribution < 1.29 is 8.42 Å². The minimum atomic E-state index is -3.63. The van der Waals surface area contributed by atoms with Crippen LogP contribution in [0.4, 0.5) is 0 Å². The molecule has 3 aromatic rings. The van der Waals surface area contributed by atoms with Crippen LogP contribution in [0.1, 0.15) is 22.4 Å². The van der Waals surface area contributed by atoms with Gasteiger partial charge in [-0.15, -0.1) is 0 Å². The quantitative estimate of drug-likeness (QED) is 0.698. The maximum Gasteiger partial charge on any atom is 0.262 e. The van der Waals surface area contributed by atoms with E-state index in [2.05, 4.69) is 4.98 Å². The van der Waals surface area contributed by atoms with Gasteiger partial charge in [-0.1, -0.05) is 35.9 Å². The summed E-state index contributed by atoms with van der Waals surface area (Å²) < 4.78 is 28.2. The third-order valence-electron chi connectivity index (χ3n) is 4.72. The topological polar surface area (TPSA) is 71.8 Å². The predicted molar refractivity (Wildman–Crippen MR) is 105 cm³/mol. The molecule has 0 bridgehead atoms. The number of rotatable bonds is 3. The van der Waals surface area contributed by atoms with Gasteiger partial charge in [-0.3, -0.25) is 9.20 Å². The number of aromatic nitrogens is 2. The van der Waals surface area contributed by atoms with Crippen LogP contribution in [0.3, 0.4) is 0 Å². The van der Waals surface area contributed by atoms with E-state index < -0.39 is 10.0 Å². The van der Waals surface area contributed by atoms with Crippen molar-refractivity contribution in [1.29, 1.82) is 0 Å². The van der Waals surface area contributed by atoms with Gasteiger partial charge in [-0.05, 0) is 30.7 Å². The smallest absolute Gasteiger partial charge is 0.262 e. The van der Waals surface area contributed by atoms with Crippen LogP contribution < -0.4 is 5.56 Å². The number of benzene rings is 1. The van der Waals surface area contributed by atoms with Gasteiger partial charge < -0.3 is 0 Å². The second kappa shape index (κ2) is 6.75. The number of sulfonamides is 1. The molecule has 1 aromatic carbocycles. The Bertz CT molecular complexity index is 1200. The van der Waals surface area contributed by atoms with Gasteiger partial charge in [-0.2, -0.15) is 4.31 Å². The second-order valence-electron chi connectivity index (χ2n) is 6.61. The van der Waals surface area contributed by atoms with Gasteiger partial charge in [0.1, 0.15) is 5.65 Å². The maximum absolute atomic E-state index is 12.7. The van der Waals surface area contributed by atoms with Gasteiger partial charge in [0.25, 0.3) is 5.56 Å². The van der Waals surface area contributed by atoms with Crippen LogP contribution in [0, 0.1) is 6.92 Å². The monoisotopic (exact) mass is 381 g/mol. The van der Waals surface area contributed by atoms with Crippen molar-refractivity contribution >= 4 is 21.7 Å². The molecule has 7 heteroatoms. The van der Waals surface area contributed by atoms with Gasteiger partial charge in [0.05, 0.1) is 11.3 Å². The lowest BCUT2D eigenvalue weighted by atomic mass is 10.1. The Kier molecular flexibility index (Phi) is 4.41. The van der Waals surface area contributed by atoms with Crippen molar-refractivity contribution in [2.24, 2.45) is 0 Å². The zero-order valence-corrected chi connectivity index (χ0v) is 15.7. The molecule has 6 nitrogen and oxygen atoms in total. The normalized spacial score (nSPS) is 15.3. The molecule has 1 aliphatic rings. The molecule has 0 unspecified atom stereocenters. The molecule has 27 heavy (non-hydrogen) atoms. The molecule has 0 saturated heterocycles. The van der Waals surface area contributed by atoms with E-state index in [1.807, 2.05) is 37.3 Å². The van der Waals surface area contributed by atoms with E-state index in [1.165, 1.54) is 14.1 Å². The highest BCUT2D eigenvalue weighted by Crippen LogP contribution is 2.19. The molecule has 0 saturated carbocycles. The van der Waals surface area contributed by atoms with Crippen LogP contribution in [0.2, 0.25) is 0 Å². The predicted octanol–water partition coefficient (Wildman–Crippen LogP) is 2.36. The Morgan fingerprint density at radius 3 is 2.67 bits per heavy atom. The van der Waals surface area contributed by atoms with E-state index in [1.54, 1.807) is 24.4 Å². The van der Waals surface area contributed by atoms with Gasteiger partial charge in [0.2, 0.25) is 10.0 Å². The first-order valence-corrected chi connectivity index (χ1v) is 10.2. The highest BCUT2D eigenvalue weighted by atomic mass is 32.2. The Morgan fingerprint density at radius 2 is 1.89 bits per heavy atom. The maximum atomic E-state index is 12.7. The van der Waals surface area contributed by atoms with Gasteiger partial charge in [0, 0.05) is 31.1 Å². The summed E-state index contributed by atoms with van der Waals surface area (Å²) >= 11 is 0. The van der Waals surface area contributed by atoms with Gasteiger partial charge in [-0.25, -0.2) is 13.4 Å². The average molecular weight is 381 g/mol. The summed E-state index contributed by atoms with van der Waals surface area (Å²) in [7, 11) is -3.63. The van der Waals surface area contributed by atoms with E-state index in [0.717, 1.165) is 11.1 Å². The fourth-order valence-corrected chi connectivity index (χ4v) is 4.32. The first-order chi connectivity index (χ1) is 12.9. The fraction of sp³-hybridized carbons (Fsp3) is 0.200. The molecule has 138 valence electrons. The number of aryl methyl sites for hydroxylation is 1. The summed E-state index contributed by atoms with van der Waals surface area (Å²) in [5.74, 6) is 0. The molecule has 1 aliphatic heterocycles. The number of nitrogens with zero attached hydrogens (tertiary/aromatic N) is 3. The summed E-state index contributed by atoms with van der Waals surface area (Å²) in [4.78, 5) is 17.3. The number of hydrogen-bond acceptors (Lipinski definition) is 4. The first-order valence-electron chi connectivity index (χ1n) is 8.68. The van der Waals surface area contributed by atoms with Crippen molar-refractivity contribution in [3.63, 3.8) is 0 Å². The molecule has 0 atom stereocenters. The highest BCUT2D eigenvalue weighted by molar-refractivity contribution is 7.92. The van der Waals surface area contributed by atoms with Crippen LogP contribution >= 0.6 is 0 Å². The van der Waals surface area contributed by atoms with Crippen LogP contribution in [-0.4, -0.2) is 28.7 Å². The molecule has 0 radical (unpaired) electrons. The Labute approximate surface area is 157 Å². The van der Waals surface area contributed by atoms with Gasteiger partial charge in [0.15, 0.2) is 0 Å². The minimum Gasteiger partial charge on any atom is -0.269 e. The van der Waals surface area contributed by atoms with E-state index in [-0.39, 0.29) is 12.1 Å². The largest absolute Gasteiger partial charge is 0.269 e. The van der Waals surface area contributed by atoms with Crippen molar-refractivity contribution in [2.75, 3.05) is 6.54 Å². The Balaban J connectivity index is 1.64. The minimum absolute atomic E-state index is 0.0412. The van der Waals surface area contributed by atoms with Crippen LogP contribution in [0.25, 0.3) is 11.7 Å². The first kappa shape index (κ1) is 17.6. The van der Waals surface area contributed by atoms with Crippen molar-refractivity contribution in [2.45, 2.75) is 19.9 Å². The molecule has 0 fully saturated rings. The number of hydrogen-bond donors (Lipinski definition) is 0. The molecule has 0 aliphatic carbocycles. The highest BCUT2D eigenvalue weighted by Gasteiger charge is 2.28. The summed E-state index contributed by atoms with van der Waals surface area (Å²) in [6.45, 7) is 2.33. The summed E-state index contributed by atoms with van der Waals surface area (Å²) in [6.07, 6.45) is 3.65. The van der Waals surface area contributed by atoms with Crippen molar-refractivity contribution in [3.05, 3.63) is 86.8 Å². The lowest BCUT2D eigenvalue weighted by molar-refractivity contribution is 0.390. The summed E-state index contributed by atoms with van der Waals surface area (Å²) in [5.41, 5.74) is 3.42. The number of fused-ring (bicyclic) bond motifs is 2. The van der Waals surface area contributed by atoms with Crippen molar-refractivity contribution in [3.8, 4) is 0 Å². The molecule has 4 rings (SSSR count). The van der Waals surface area contributed by atoms with E-state index >= 15 is 0 Å². The molecular formula is C20H19N3O3S. The SMILES string of the molecule is Cc1ccc(C=CS(=O)(=O)N2CCc3nc4ccccn4c(=O)c3C2)cc1. The lowest BCUT2D eigenvalue weighted by Gasteiger charge is -2.26. The third-order valence-corrected chi connectivity index (χ3v) is 6.23. The van der Waals surface area contributed by atoms with Crippen LogP contribution in [-0.2, 0) is 23.0 Å². The lowest BCUT2D eigenvalue weighted by Crippen LogP contribution is -2.39. The zero-order valence-electron chi connectivity index (χ0n) is 14.9. The average Bonchev–Trinajstić information content (AvgIpc) is 2.67. The third kappa shape index (κ3) is 3.43. The van der Waals surface area contributed by atoms with Gasteiger partial charge >= 0.3 is 0 Å². The molecule has 0 spiro atoms. The molecule has 0 amide bonds. The standard InChI is InChI=1S/C20H19N3O3S/c1-15-5-7-16(8-6-15)10-13-27(25,26)22-12-9-18-17(14-22)20(24)23-11-3-2-4-19(23)21-18/h2-8,10-11,13H,9,12,14H2,1H3. The number of pyridine rings is 1. The van der Waals surface area contributed by atoms with Crippen LogP contribution in [0.5, 0.6) is 0 Å². The molecule has 2 aromatic heterocycles. The summed E-state index contributed by atoms with van der Waals surface area (Å²) in [6, 6.07) is 13.0. The molecular weight excluding hydrogens is 362 g/mol. The molecule has 3 heterocycles. The molecule has 0 N–H and O–H groups in total. The Hall–Kier alpha value is -2.77. The van der Waals surface area contributed by atoms with E-state index in [0.29, 0.717) is 29.9 Å². The van der Waals surface area contributed by atoms with E-state index in [9.17, 15) is 13.2 Å². The summed E-state index contributed by atoms with van der Waals surface area (Å²) in [5, 5.41) is 1.20. The Morgan fingerprint density at radius 1 is 1.11 bits per heavy atom. The van der Waals surface area contributed by atoms with Crippen molar-refractivity contribution in [1.82, 2.24) is 13.7 Å². The van der Waals surface area contributed by atoms with Crippen LogP contribution in [0.15, 0.2) is 58.9 Å². The second-order valence-corrected chi connectivity index (χ2v) is 8.43.